The highest BCUT2D eigenvalue weighted by atomic mass is 32.2. The Kier molecular flexibility index (Phi) is 6.04. The van der Waals surface area contributed by atoms with Crippen molar-refractivity contribution in [3.8, 4) is 0 Å². The van der Waals surface area contributed by atoms with Gasteiger partial charge in [-0.1, -0.05) is 18.2 Å². The van der Waals surface area contributed by atoms with E-state index in [1.165, 1.54) is 4.31 Å². The van der Waals surface area contributed by atoms with Gasteiger partial charge in [0.2, 0.25) is 5.95 Å². The Balaban J connectivity index is 1.46. The van der Waals surface area contributed by atoms with E-state index in [0.29, 0.717) is 25.4 Å². The lowest BCUT2D eigenvalue weighted by Gasteiger charge is -2.17. The summed E-state index contributed by atoms with van der Waals surface area (Å²) in [7, 11) is -3.47. The van der Waals surface area contributed by atoms with Gasteiger partial charge >= 0.3 is 6.18 Å². The molecule has 1 saturated heterocycles. The summed E-state index contributed by atoms with van der Waals surface area (Å²) in [4.78, 5) is 7.91. The van der Waals surface area contributed by atoms with Gasteiger partial charge in [0.15, 0.2) is 0 Å². The summed E-state index contributed by atoms with van der Waals surface area (Å²) in [5.74, 6) is 0.179. The second kappa shape index (κ2) is 8.60. The monoisotopic (exact) mass is 456 g/mol. The topological polar surface area (TPSA) is 99.3 Å². The van der Waals surface area contributed by atoms with E-state index in [1.807, 2.05) is 24.3 Å². The van der Waals surface area contributed by atoms with Gasteiger partial charge < -0.3 is 10.6 Å². The predicted molar refractivity (Wildman–Crippen MR) is 110 cm³/mol. The van der Waals surface area contributed by atoms with Crippen LogP contribution in [0.2, 0.25) is 0 Å². The number of rotatable bonds is 8. The summed E-state index contributed by atoms with van der Waals surface area (Å²) in [6.45, 7) is 1.01. The second-order valence-electron chi connectivity index (χ2n) is 7.52. The highest BCUT2D eigenvalue weighted by Crippen LogP contribution is 2.43. The van der Waals surface area contributed by atoms with Crippen molar-refractivity contribution in [1.82, 2.24) is 19.0 Å². The number of aromatic nitrogens is 2. The third-order valence-corrected chi connectivity index (χ3v) is 6.79. The molecule has 2 aromatic rings. The van der Waals surface area contributed by atoms with Crippen LogP contribution >= 0.6 is 0 Å². The van der Waals surface area contributed by atoms with Crippen molar-refractivity contribution >= 4 is 27.7 Å². The number of anilines is 3. The highest BCUT2D eigenvalue weighted by Gasteiger charge is 2.35. The molecule has 2 aliphatic rings. The minimum Gasteiger partial charge on any atom is -0.369 e. The smallest absolute Gasteiger partial charge is 0.369 e. The zero-order valence-electron chi connectivity index (χ0n) is 16.6. The number of hydrogen-bond donors (Lipinski definition) is 3. The summed E-state index contributed by atoms with van der Waals surface area (Å²) in [6.07, 6.45) is -1.36. The van der Waals surface area contributed by atoms with Gasteiger partial charge in [-0.15, -0.1) is 0 Å². The predicted octanol–water partition coefficient (Wildman–Crippen LogP) is 3.07. The van der Waals surface area contributed by atoms with Crippen molar-refractivity contribution in [3.63, 3.8) is 0 Å². The maximum atomic E-state index is 13.4. The summed E-state index contributed by atoms with van der Waals surface area (Å²) in [6, 6.07) is 7.62. The lowest BCUT2D eigenvalue weighted by atomic mass is 10.1. The molecule has 0 bridgehead atoms. The fourth-order valence-electron chi connectivity index (χ4n) is 3.47. The second-order valence-corrected chi connectivity index (χ2v) is 9.27. The van der Waals surface area contributed by atoms with Gasteiger partial charge in [-0.2, -0.15) is 30.9 Å². The van der Waals surface area contributed by atoms with E-state index in [2.05, 4.69) is 25.3 Å². The molecule has 0 unspecified atom stereocenters. The van der Waals surface area contributed by atoms with Gasteiger partial charge in [-0.25, -0.2) is 9.71 Å². The van der Waals surface area contributed by atoms with E-state index < -0.39 is 21.9 Å². The summed E-state index contributed by atoms with van der Waals surface area (Å²) < 4.78 is 67.3. The first-order valence-electron chi connectivity index (χ1n) is 10.0. The average molecular weight is 456 g/mol. The Morgan fingerprint density at radius 3 is 2.68 bits per heavy atom. The summed E-state index contributed by atoms with van der Waals surface area (Å²) in [5, 5.41) is 5.73. The Morgan fingerprint density at radius 1 is 1.23 bits per heavy atom. The molecular weight excluding hydrogens is 433 g/mol. The first kappa shape index (κ1) is 21.8. The molecule has 1 aromatic heterocycles. The minimum absolute atomic E-state index is 0.0647. The van der Waals surface area contributed by atoms with Crippen LogP contribution in [-0.4, -0.2) is 48.9 Å². The molecule has 2 heterocycles. The number of alkyl halides is 3. The number of para-hydroxylation sites is 1. The van der Waals surface area contributed by atoms with Crippen LogP contribution in [0.3, 0.4) is 0 Å². The van der Waals surface area contributed by atoms with Crippen molar-refractivity contribution in [2.75, 3.05) is 36.8 Å². The summed E-state index contributed by atoms with van der Waals surface area (Å²) in [5.41, 5.74) is 0.910. The molecule has 168 valence electrons. The standard InChI is InChI=1S/C19H23F3N6O2S/c20-19(21,22)15-12-24-18(26-16-5-2-1-4-14(16)13-6-7-13)27-17(15)23-8-3-10-28-11-9-25-31(28,29)30/h1-2,4-5,12-13,25H,3,6-11H2,(H2,23,24,26,27). The molecular formula is C19H23F3N6O2S. The van der Waals surface area contributed by atoms with Crippen LogP contribution in [0.4, 0.5) is 30.6 Å². The highest BCUT2D eigenvalue weighted by molar-refractivity contribution is 7.87. The van der Waals surface area contributed by atoms with E-state index in [1.54, 1.807) is 0 Å². The van der Waals surface area contributed by atoms with Crippen LogP contribution in [0.25, 0.3) is 0 Å². The first-order valence-corrected chi connectivity index (χ1v) is 11.5. The average Bonchev–Trinajstić information content (AvgIpc) is 3.49. The molecule has 3 N–H and O–H groups in total. The molecule has 4 rings (SSSR count). The number of hydrogen-bond acceptors (Lipinski definition) is 6. The minimum atomic E-state index is -4.62. The van der Waals surface area contributed by atoms with Crippen LogP contribution in [0.1, 0.15) is 36.3 Å². The van der Waals surface area contributed by atoms with Crippen molar-refractivity contribution in [1.29, 1.82) is 0 Å². The Labute approximate surface area is 178 Å². The third kappa shape index (κ3) is 5.25. The quantitative estimate of drug-likeness (QED) is 0.528. The molecule has 1 aliphatic carbocycles. The number of nitrogens with zero attached hydrogens (tertiary/aromatic N) is 3. The van der Waals surface area contributed by atoms with Crippen LogP contribution in [-0.2, 0) is 16.4 Å². The normalized spacial score (nSPS) is 18.8. The fourth-order valence-corrected chi connectivity index (χ4v) is 4.70. The van der Waals surface area contributed by atoms with Crippen LogP contribution in [0.15, 0.2) is 30.5 Å². The first-order chi connectivity index (χ1) is 14.7. The van der Waals surface area contributed by atoms with Gasteiger partial charge in [0.05, 0.1) is 0 Å². The molecule has 0 atom stereocenters. The van der Waals surface area contributed by atoms with E-state index in [-0.39, 0.29) is 24.9 Å². The molecule has 0 amide bonds. The van der Waals surface area contributed by atoms with E-state index >= 15 is 0 Å². The molecule has 0 radical (unpaired) electrons. The van der Waals surface area contributed by atoms with Gasteiger partial charge in [-0.05, 0) is 36.8 Å². The SMILES string of the molecule is O=S1(=O)NCCN1CCCNc1nc(Nc2ccccc2C2CC2)ncc1C(F)(F)F. The van der Waals surface area contributed by atoms with E-state index in [0.717, 1.165) is 30.3 Å². The van der Waals surface area contributed by atoms with Crippen molar-refractivity contribution in [2.45, 2.75) is 31.4 Å². The number of benzene rings is 1. The largest absolute Gasteiger partial charge is 0.421 e. The zero-order valence-corrected chi connectivity index (χ0v) is 17.4. The molecule has 1 saturated carbocycles. The Hall–Kier alpha value is -2.44. The van der Waals surface area contributed by atoms with Gasteiger partial charge in [0, 0.05) is 38.1 Å². The Morgan fingerprint density at radius 2 is 2.00 bits per heavy atom. The summed E-state index contributed by atoms with van der Waals surface area (Å²) >= 11 is 0. The van der Waals surface area contributed by atoms with Crippen molar-refractivity contribution in [3.05, 3.63) is 41.6 Å². The molecule has 2 fully saturated rings. The lowest BCUT2D eigenvalue weighted by molar-refractivity contribution is -0.137. The van der Waals surface area contributed by atoms with Crippen LogP contribution < -0.4 is 15.4 Å². The maximum Gasteiger partial charge on any atom is 0.421 e. The molecule has 1 aromatic carbocycles. The van der Waals surface area contributed by atoms with Crippen LogP contribution in [0, 0.1) is 0 Å². The Bertz CT molecular complexity index is 1040. The van der Waals surface area contributed by atoms with Gasteiger partial charge in [0.1, 0.15) is 11.4 Å². The van der Waals surface area contributed by atoms with Crippen molar-refractivity contribution < 1.29 is 21.6 Å². The number of nitrogens with one attached hydrogen (secondary N) is 3. The molecule has 0 spiro atoms. The molecule has 8 nitrogen and oxygen atoms in total. The maximum absolute atomic E-state index is 13.4. The molecule has 1 aliphatic heterocycles. The van der Waals surface area contributed by atoms with E-state index in [9.17, 15) is 21.6 Å². The van der Waals surface area contributed by atoms with Gasteiger partial charge in [-0.3, -0.25) is 0 Å². The molecule has 31 heavy (non-hydrogen) atoms. The zero-order chi connectivity index (χ0) is 22.1. The fraction of sp³-hybridized carbons (Fsp3) is 0.474. The lowest BCUT2D eigenvalue weighted by Crippen LogP contribution is -2.31. The van der Waals surface area contributed by atoms with Crippen LogP contribution in [0.5, 0.6) is 0 Å². The third-order valence-electron chi connectivity index (χ3n) is 5.18. The van der Waals surface area contributed by atoms with Crippen molar-refractivity contribution in [2.24, 2.45) is 0 Å². The number of halogens is 3. The van der Waals surface area contributed by atoms with Gasteiger partial charge in [0.25, 0.3) is 10.2 Å². The molecule has 12 heteroatoms. The van der Waals surface area contributed by atoms with E-state index in [4.69, 9.17) is 0 Å².